The van der Waals surface area contributed by atoms with Crippen LogP contribution in [0, 0.1) is 13.8 Å². The molecular weight excluding hydrogens is 396 g/mol. The highest BCUT2D eigenvalue weighted by Crippen LogP contribution is 2.15. The molecule has 10 nitrogen and oxygen atoms in total. The molecule has 0 saturated heterocycles. The standard InChI is InChI=1S/C18H20N6O4S/c1-12-5-7-14(8-6-12)29(27,28)23(3)11-15(25)20-21-18(26)16-13(2)22-24-10-4-9-19-17(16)24/h4-10H,11H2,1-3H3,(H,20,25)(H,21,26). The molecule has 1 aromatic carbocycles. The van der Waals surface area contributed by atoms with Crippen LogP contribution in [0.1, 0.15) is 21.6 Å². The zero-order chi connectivity index (χ0) is 21.2. The molecule has 0 atom stereocenters. The highest BCUT2D eigenvalue weighted by atomic mass is 32.2. The Morgan fingerprint density at radius 3 is 2.52 bits per heavy atom. The van der Waals surface area contributed by atoms with Gasteiger partial charge < -0.3 is 0 Å². The van der Waals surface area contributed by atoms with Gasteiger partial charge in [-0.3, -0.25) is 20.4 Å². The summed E-state index contributed by atoms with van der Waals surface area (Å²) in [7, 11) is -2.54. The van der Waals surface area contributed by atoms with Crippen molar-refractivity contribution in [3.05, 3.63) is 59.5 Å². The minimum Gasteiger partial charge on any atom is -0.272 e. The van der Waals surface area contributed by atoms with Crippen molar-refractivity contribution in [2.45, 2.75) is 18.7 Å². The summed E-state index contributed by atoms with van der Waals surface area (Å²) in [4.78, 5) is 28.8. The van der Waals surface area contributed by atoms with Crippen molar-refractivity contribution in [3.8, 4) is 0 Å². The van der Waals surface area contributed by atoms with Gasteiger partial charge in [0.2, 0.25) is 10.0 Å². The third kappa shape index (κ3) is 4.25. The summed E-state index contributed by atoms with van der Waals surface area (Å²) < 4.78 is 27.4. The lowest BCUT2D eigenvalue weighted by Gasteiger charge is -2.17. The van der Waals surface area contributed by atoms with E-state index in [-0.39, 0.29) is 10.5 Å². The molecule has 2 N–H and O–H groups in total. The molecule has 3 rings (SSSR count). The fourth-order valence-corrected chi connectivity index (χ4v) is 3.80. The topological polar surface area (TPSA) is 126 Å². The van der Waals surface area contributed by atoms with Crippen molar-refractivity contribution in [1.82, 2.24) is 29.8 Å². The highest BCUT2D eigenvalue weighted by Gasteiger charge is 2.24. The summed E-state index contributed by atoms with van der Waals surface area (Å²) in [6.07, 6.45) is 3.17. The van der Waals surface area contributed by atoms with Crippen LogP contribution in [0.3, 0.4) is 0 Å². The van der Waals surface area contributed by atoms with E-state index < -0.39 is 28.4 Å². The van der Waals surface area contributed by atoms with Crippen LogP contribution in [0.5, 0.6) is 0 Å². The second kappa shape index (κ2) is 7.97. The fraction of sp³-hybridized carbons (Fsp3) is 0.222. The van der Waals surface area contributed by atoms with Crippen molar-refractivity contribution in [2.75, 3.05) is 13.6 Å². The molecule has 0 aliphatic rings. The Balaban J connectivity index is 1.64. The Morgan fingerprint density at radius 2 is 1.83 bits per heavy atom. The monoisotopic (exact) mass is 416 g/mol. The highest BCUT2D eigenvalue weighted by molar-refractivity contribution is 7.89. The third-order valence-corrected chi connectivity index (χ3v) is 6.03. The number of aromatic nitrogens is 3. The molecule has 0 saturated carbocycles. The quantitative estimate of drug-likeness (QED) is 0.581. The molecule has 2 heterocycles. The van der Waals surface area contributed by atoms with Gasteiger partial charge in [0.15, 0.2) is 5.65 Å². The van der Waals surface area contributed by atoms with Gasteiger partial charge in [0.05, 0.1) is 17.1 Å². The molecule has 0 spiro atoms. The third-order valence-electron chi connectivity index (χ3n) is 4.21. The maximum absolute atomic E-state index is 12.5. The van der Waals surface area contributed by atoms with E-state index in [1.54, 1.807) is 31.3 Å². The molecule has 0 fully saturated rings. The molecule has 0 bridgehead atoms. The first-order chi connectivity index (χ1) is 13.7. The van der Waals surface area contributed by atoms with Crippen molar-refractivity contribution < 1.29 is 18.0 Å². The number of aryl methyl sites for hydroxylation is 2. The van der Waals surface area contributed by atoms with E-state index in [0.29, 0.717) is 11.3 Å². The predicted octanol–water partition coefficient (Wildman–Crippen LogP) is 0.428. The SMILES string of the molecule is Cc1ccc(S(=O)(=O)N(C)CC(=O)NNC(=O)c2c(C)nn3cccnc23)cc1. The Hall–Kier alpha value is -3.31. The van der Waals surface area contributed by atoms with Gasteiger partial charge in [-0.05, 0) is 32.0 Å². The number of hydrogen-bond donors (Lipinski definition) is 2. The van der Waals surface area contributed by atoms with Crippen LogP contribution in [-0.2, 0) is 14.8 Å². The number of hydrazine groups is 1. The number of rotatable bonds is 5. The lowest BCUT2D eigenvalue weighted by molar-refractivity contribution is -0.121. The molecule has 0 aliphatic carbocycles. The zero-order valence-corrected chi connectivity index (χ0v) is 16.9. The lowest BCUT2D eigenvalue weighted by atomic mass is 10.2. The van der Waals surface area contributed by atoms with E-state index in [9.17, 15) is 18.0 Å². The number of amides is 2. The summed E-state index contributed by atoms with van der Waals surface area (Å²) in [6.45, 7) is 3.02. The number of hydrogen-bond acceptors (Lipinski definition) is 6. The Morgan fingerprint density at radius 1 is 1.14 bits per heavy atom. The second-order valence-electron chi connectivity index (χ2n) is 6.42. The number of sulfonamides is 1. The van der Waals surface area contributed by atoms with Crippen LogP contribution in [0.2, 0.25) is 0 Å². The van der Waals surface area contributed by atoms with Gasteiger partial charge in [0, 0.05) is 19.4 Å². The Bertz CT molecular complexity index is 1170. The first kappa shape index (κ1) is 20.4. The van der Waals surface area contributed by atoms with Gasteiger partial charge in [-0.2, -0.15) is 9.40 Å². The second-order valence-corrected chi connectivity index (χ2v) is 8.47. The zero-order valence-electron chi connectivity index (χ0n) is 16.1. The van der Waals surface area contributed by atoms with Gasteiger partial charge in [-0.1, -0.05) is 17.7 Å². The van der Waals surface area contributed by atoms with Crippen LogP contribution in [0.25, 0.3) is 5.65 Å². The van der Waals surface area contributed by atoms with E-state index in [4.69, 9.17) is 0 Å². The molecular formula is C18H20N6O4S. The van der Waals surface area contributed by atoms with Gasteiger partial charge >= 0.3 is 0 Å². The van der Waals surface area contributed by atoms with E-state index in [1.165, 1.54) is 29.9 Å². The summed E-state index contributed by atoms with van der Waals surface area (Å²) in [5.41, 5.74) is 6.40. The number of nitrogens with one attached hydrogen (secondary N) is 2. The van der Waals surface area contributed by atoms with E-state index in [1.807, 2.05) is 6.92 Å². The van der Waals surface area contributed by atoms with Crippen LogP contribution in [0.15, 0.2) is 47.6 Å². The molecule has 0 unspecified atom stereocenters. The van der Waals surface area contributed by atoms with Gasteiger partial charge in [-0.15, -0.1) is 0 Å². The molecule has 0 radical (unpaired) electrons. The summed E-state index contributed by atoms with van der Waals surface area (Å²) in [6, 6.07) is 7.97. The van der Waals surface area contributed by atoms with Crippen molar-refractivity contribution in [1.29, 1.82) is 0 Å². The first-order valence-corrected chi connectivity index (χ1v) is 10.1. The molecule has 11 heteroatoms. The largest absolute Gasteiger partial charge is 0.275 e. The molecule has 0 aliphatic heterocycles. The van der Waals surface area contributed by atoms with Crippen molar-refractivity contribution in [2.24, 2.45) is 0 Å². The summed E-state index contributed by atoms with van der Waals surface area (Å²) >= 11 is 0. The van der Waals surface area contributed by atoms with Crippen LogP contribution in [-0.4, -0.2) is 52.7 Å². The minimum absolute atomic E-state index is 0.0792. The number of carbonyl (C=O) groups excluding carboxylic acids is 2. The number of fused-ring (bicyclic) bond motifs is 1. The van der Waals surface area contributed by atoms with Crippen LogP contribution >= 0.6 is 0 Å². The smallest absolute Gasteiger partial charge is 0.272 e. The number of likely N-dealkylation sites (N-methyl/N-ethyl adjacent to an activating group) is 1. The Labute approximate surface area is 167 Å². The minimum atomic E-state index is -3.83. The molecule has 152 valence electrons. The molecule has 2 amide bonds. The molecule has 2 aromatic heterocycles. The number of carbonyl (C=O) groups is 2. The summed E-state index contributed by atoms with van der Waals surface area (Å²) in [5, 5.41) is 4.17. The molecule has 29 heavy (non-hydrogen) atoms. The van der Waals surface area contributed by atoms with Crippen LogP contribution in [0.4, 0.5) is 0 Å². The van der Waals surface area contributed by atoms with Gasteiger partial charge in [0.1, 0.15) is 5.56 Å². The normalized spacial score (nSPS) is 11.6. The molecule has 3 aromatic rings. The Kier molecular flexibility index (Phi) is 5.62. The first-order valence-electron chi connectivity index (χ1n) is 8.62. The van der Waals surface area contributed by atoms with E-state index in [2.05, 4.69) is 20.9 Å². The predicted molar refractivity (Wildman–Crippen MR) is 104 cm³/mol. The number of nitrogens with zero attached hydrogens (tertiary/aromatic N) is 4. The van der Waals surface area contributed by atoms with E-state index >= 15 is 0 Å². The average Bonchev–Trinajstić information content (AvgIpc) is 3.02. The maximum atomic E-state index is 12.5. The van der Waals surface area contributed by atoms with Crippen LogP contribution < -0.4 is 10.9 Å². The maximum Gasteiger partial charge on any atom is 0.275 e. The fourth-order valence-electron chi connectivity index (χ4n) is 2.67. The average molecular weight is 416 g/mol. The van der Waals surface area contributed by atoms with Gasteiger partial charge in [0.25, 0.3) is 11.8 Å². The van der Waals surface area contributed by atoms with Crippen molar-refractivity contribution >= 4 is 27.5 Å². The number of benzene rings is 1. The van der Waals surface area contributed by atoms with E-state index in [0.717, 1.165) is 9.87 Å². The lowest BCUT2D eigenvalue weighted by Crippen LogP contribution is -2.46. The van der Waals surface area contributed by atoms with Crippen molar-refractivity contribution in [3.63, 3.8) is 0 Å². The van der Waals surface area contributed by atoms with Gasteiger partial charge in [-0.25, -0.2) is 17.9 Å². The summed E-state index contributed by atoms with van der Waals surface area (Å²) in [5.74, 6) is -1.30.